The fourth-order valence-corrected chi connectivity index (χ4v) is 2.26. The second-order valence-corrected chi connectivity index (χ2v) is 5.04. The van der Waals surface area contributed by atoms with Crippen molar-refractivity contribution in [2.24, 2.45) is 0 Å². The molecule has 0 bridgehead atoms. The van der Waals surface area contributed by atoms with Crippen molar-refractivity contribution in [3.05, 3.63) is 23.8 Å². The Kier molecular flexibility index (Phi) is 3.09. The van der Waals surface area contributed by atoms with Crippen LogP contribution in [0.4, 0.5) is 11.4 Å². The maximum Gasteiger partial charge on any atom is 0.337 e. The summed E-state index contributed by atoms with van der Waals surface area (Å²) in [5.74, 6) is -1.11. The Balaban J connectivity index is 2.39. The third kappa shape index (κ3) is 2.21. The number of nitrogens with zero attached hydrogens (tertiary/aromatic N) is 1. The molecule has 1 aliphatic heterocycles. The van der Waals surface area contributed by atoms with Gasteiger partial charge in [0.2, 0.25) is 5.91 Å². The Bertz CT molecular complexity index is 540. The van der Waals surface area contributed by atoms with E-state index in [0.717, 1.165) is 5.69 Å². The molecule has 2 rings (SSSR count). The van der Waals surface area contributed by atoms with Gasteiger partial charge in [-0.1, -0.05) is 0 Å². The Morgan fingerprint density at radius 3 is 2.74 bits per heavy atom. The molecule has 6 heteroatoms. The highest BCUT2D eigenvalue weighted by atomic mass is 16.4. The van der Waals surface area contributed by atoms with Crippen molar-refractivity contribution >= 4 is 23.3 Å². The molecule has 0 aliphatic carbocycles. The number of nitrogen functional groups attached to an aromatic ring is 1. The third-order valence-electron chi connectivity index (χ3n) is 3.43. The summed E-state index contributed by atoms with van der Waals surface area (Å²) in [4.78, 5) is 24.7. The fraction of sp³-hybridized carbons (Fsp3) is 0.385. The molecule has 0 saturated carbocycles. The number of aromatic carboxylic acids is 1. The number of hydrogen-bond acceptors (Lipinski definition) is 4. The monoisotopic (exact) mass is 263 g/mol. The number of nitrogens with two attached hydrogens (primary N) is 1. The van der Waals surface area contributed by atoms with Gasteiger partial charge in [-0.3, -0.25) is 4.79 Å². The maximum absolute atomic E-state index is 11.9. The van der Waals surface area contributed by atoms with Crippen LogP contribution in [0.2, 0.25) is 0 Å². The van der Waals surface area contributed by atoms with Gasteiger partial charge in [-0.15, -0.1) is 0 Å². The van der Waals surface area contributed by atoms with Gasteiger partial charge in [-0.05, 0) is 32.0 Å². The zero-order valence-electron chi connectivity index (χ0n) is 10.9. The minimum absolute atomic E-state index is 0.0559. The summed E-state index contributed by atoms with van der Waals surface area (Å²) in [6.45, 7) is 4.86. The Morgan fingerprint density at radius 1 is 1.47 bits per heavy atom. The predicted molar refractivity (Wildman–Crippen MR) is 72.2 cm³/mol. The van der Waals surface area contributed by atoms with Gasteiger partial charge in [0, 0.05) is 24.5 Å². The van der Waals surface area contributed by atoms with E-state index in [9.17, 15) is 9.59 Å². The summed E-state index contributed by atoms with van der Waals surface area (Å²) >= 11 is 0. The summed E-state index contributed by atoms with van der Waals surface area (Å²) in [5, 5.41) is 11.8. The van der Waals surface area contributed by atoms with Crippen LogP contribution in [-0.2, 0) is 4.79 Å². The van der Waals surface area contributed by atoms with Crippen molar-refractivity contribution in [1.82, 2.24) is 5.32 Å². The summed E-state index contributed by atoms with van der Waals surface area (Å²) in [6.07, 6.45) is 0. The minimum atomic E-state index is -1.06. The molecule has 1 aliphatic rings. The van der Waals surface area contributed by atoms with Crippen molar-refractivity contribution in [3.8, 4) is 0 Å². The molecule has 1 amide bonds. The van der Waals surface area contributed by atoms with E-state index >= 15 is 0 Å². The largest absolute Gasteiger partial charge is 0.478 e. The molecule has 1 heterocycles. The number of carboxylic acids is 1. The molecule has 0 radical (unpaired) electrons. The van der Waals surface area contributed by atoms with Crippen LogP contribution in [0.5, 0.6) is 0 Å². The normalized spacial score (nSPS) is 18.0. The van der Waals surface area contributed by atoms with Crippen molar-refractivity contribution in [1.29, 1.82) is 0 Å². The highest BCUT2D eigenvalue weighted by Crippen LogP contribution is 2.28. The fourth-order valence-electron chi connectivity index (χ4n) is 2.26. The van der Waals surface area contributed by atoms with E-state index in [4.69, 9.17) is 10.8 Å². The van der Waals surface area contributed by atoms with Crippen LogP contribution in [0.15, 0.2) is 18.2 Å². The van der Waals surface area contributed by atoms with E-state index in [-0.39, 0.29) is 17.2 Å². The number of nitrogens with one attached hydrogen (secondary N) is 1. The molecular formula is C13H17N3O3. The maximum atomic E-state index is 11.9. The molecule has 0 aromatic heterocycles. The van der Waals surface area contributed by atoms with Crippen molar-refractivity contribution in [3.63, 3.8) is 0 Å². The first-order valence-electron chi connectivity index (χ1n) is 6.03. The molecule has 1 aromatic rings. The first kappa shape index (κ1) is 13.2. The number of benzene rings is 1. The van der Waals surface area contributed by atoms with Crippen LogP contribution in [0.1, 0.15) is 24.2 Å². The zero-order valence-corrected chi connectivity index (χ0v) is 10.9. The Labute approximate surface area is 111 Å². The minimum Gasteiger partial charge on any atom is -0.478 e. The predicted octanol–water partition coefficient (Wildman–Crippen LogP) is 0.682. The van der Waals surface area contributed by atoms with Crippen molar-refractivity contribution < 1.29 is 14.7 Å². The van der Waals surface area contributed by atoms with Crippen molar-refractivity contribution in [2.45, 2.75) is 19.4 Å². The third-order valence-corrected chi connectivity index (χ3v) is 3.43. The second-order valence-electron chi connectivity index (χ2n) is 5.04. The van der Waals surface area contributed by atoms with E-state index in [2.05, 4.69) is 5.32 Å². The lowest BCUT2D eigenvalue weighted by Gasteiger charge is -2.43. The van der Waals surface area contributed by atoms with Crippen LogP contribution in [0.25, 0.3) is 0 Å². The standard InChI is InChI=1S/C13H17N3O3/c1-13(2)12(19)15-5-6-16(13)8-3-4-9(11(17)18)10(14)7-8/h3-4,7H,5-6,14H2,1-2H3,(H,15,19)(H,17,18). The molecule has 0 unspecified atom stereocenters. The first-order valence-corrected chi connectivity index (χ1v) is 6.03. The van der Waals surface area contributed by atoms with Gasteiger partial charge in [-0.25, -0.2) is 4.79 Å². The quantitative estimate of drug-likeness (QED) is 0.682. The van der Waals surface area contributed by atoms with Gasteiger partial charge in [0.15, 0.2) is 0 Å². The number of carbonyl (C=O) groups is 2. The van der Waals surface area contributed by atoms with Crippen LogP contribution in [0, 0.1) is 0 Å². The van der Waals surface area contributed by atoms with Crippen LogP contribution in [-0.4, -0.2) is 35.6 Å². The molecule has 102 valence electrons. The van der Waals surface area contributed by atoms with E-state index in [0.29, 0.717) is 13.1 Å². The van der Waals surface area contributed by atoms with E-state index in [1.165, 1.54) is 6.07 Å². The van der Waals surface area contributed by atoms with Gasteiger partial charge in [0.25, 0.3) is 0 Å². The summed E-state index contributed by atoms with van der Waals surface area (Å²) in [6, 6.07) is 4.75. The number of rotatable bonds is 2. The van der Waals surface area contributed by atoms with E-state index in [1.807, 2.05) is 18.7 Å². The van der Waals surface area contributed by atoms with Crippen LogP contribution in [0.3, 0.4) is 0 Å². The summed E-state index contributed by atoms with van der Waals surface area (Å²) in [5.41, 5.74) is 6.08. The number of carboxylic acid groups (broad SMARTS) is 1. The molecule has 1 saturated heterocycles. The molecule has 1 fully saturated rings. The molecule has 1 aromatic carbocycles. The van der Waals surface area contributed by atoms with E-state index in [1.54, 1.807) is 12.1 Å². The van der Waals surface area contributed by atoms with Crippen molar-refractivity contribution in [2.75, 3.05) is 23.7 Å². The average Bonchev–Trinajstić information content (AvgIpc) is 2.32. The average molecular weight is 263 g/mol. The molecule has 0 atom stereocenters. The van der Waals surface area contributed by atoms with Crippen LogP contribution >= 0.6 is 0 Å². The smallest absolute Gasteiger partial charge is 0.337 e. The molecule has 4 N–H and O–H groups in total. The number of hydrogen-bond donors (Lipinski definition) is 3. The lowest BCUT2D eigenvalue weighted by Crippen LogP contribution is -2.62. The topological polar surface area (TPSA) is 95.7 Å². The van der Waals surface area contributed by atoms with Crippen LogP contribution < -0.4 is 16.0 Å². The zero-order chi connectivity index (χ0) is 14.2. The highest BCUT2D eigenvalue weighted by molar-refractivity contribution is 5.95. The Morgan fingerprint density at radius 2 is 2.16 bits per heavy atom. The number of piperazine rings is 1. The molecule has 19 heavy (non-hydrogen) atoms. The molecule has 0 spiro atoms. The van der Waals surface area contributed by atoms with Gasteiger partial charge in [0.05, 0.1) is 5.56 Å². The molecular weight excluding hydrogens is 246 g/mol. The Hall–Kier alpha value is -2.24. The summed E-state index contributed by atoms with van der Waals surface area (Å²) < 4.78 is 0. The number of amides is 1. The van der Waals surface area contributed by atoms with Gasteiger partial charge < -0.3 is 21.1 Å². The molecule has 6 nitrogen and oxygen atoms in total. The lowest BCUT2D eigenvalue weighted by atomic mass is 9.97. The number of anilines is 2. The van der Waals surface area contributed by atoms with Gasteiger partial charge >= 0.3 is 5.97 Å². The first-order chi connectivity index (χ1) is 8.84. The highest BCUT2D eigenvalue weighted by Gasteiger charge is 2.37. The second kappa shape index (κ2) is 4.46. The summed E-state index contributed by atoms with van der Waals surface area (Å²) in [7, 11) is 0. The lowest BCUT2D eigenvalue weighted by molar-refractivity contribution is -0.126. The van der Waals surface area contributed by atoms with E-state index < -0.39 is 11.5 Å². The van der Waals surface area contributed by atoms with Gasteiger partial charge in [-0.2, -0.15) is 0 Å². The van der Waals surface area contributed by atoms with Gasteiger partial charge in [0.1, 0.15) is 5.54 Å². The SMILES string of the molecule is CC1(C)C(=O)NCCN1c1ccc(C(=O)O)c(N)c1. The number of carbonyl (C=O) groups excluding carboxylic acids is 1.